The second-order valence-corrected chi connectivity index (χ2v) is 7.54. The lowest BCUT2D eigenvalue weighted by atomic mass is 10.1. The van der Waals surface area contributed by atoms with Gasteiger partial charge in [0.15, 0.2) is 0 Å². The fraction of sp³-hybridized carbons (Fsp3) is 0.240. The van der Waals surface area contributed by atoms with Gasteiger partial charge >= 0.3 is 0 Å². The quantitative estimate of drug-likeness (QED) is 0.446. The lowest BCUT2D eigenvalue weighted by Gasteiger charge is -2.08. The highest BCUT2D eigenvalue weighted by Gasteiger charge is 2.15. The van der Waals surface area contributed by atoms with E-state index >= 15 is 0 Å². The summed E-state index contributed by atoms with van der Waals surface area (Å²) in [5, 5.41) is 3.41. The van der Waals surface area contributed by atoms with Crippen molar-refractivity contribution in [1.82, 2.24) is 14.7 Å². The number of aromatic nitrogens is 2. The Morgan fingerprint density at radius 2 is 1.74 bits per heavy atom. The van der Waals surface area contributed by atoms with E-state index in [-0.39, 0.29) is 5.56 Å². The summed E-state index contributed by atoms with van der Waals surface area (Å²) in [5.74, 6) is 0.817. The molecule has 0 atom stereocenters. The summed E-state index contributed by atoms with van der Waals surface area (Å²) in [5.41, 5.74) is 4.88. The molecule has 0 saturated heterocycles. The molecule has 4 aromatic rings. The van der Waals surface area contributed by atoms with E-state index in [2.05, 4.69) is 17.4 Å². The van der Waals surface area contributed by atoms with E-state index in [9.17, 15) is 4.79 Å². The van der Waals surface area contributed by atoms with E-state index in [4.69, 9.17) is 9.15 Å². The standard InChI is InChI=1S/C25H27N3O3/c1-19-24(25(29)28(27(19)2)22-10-4-3-5-11-22)16-26-15-20-8-6-9-21(14-20)17-30-18-23-12-7-13-31-23/h3-14,26H,15-18H2,1-2H3. The topological polar surface area (TPSA) is 61.3 Å². The highest BCUT2D eigenvalue weighted by molar-refractivity contribution is 5.33. The van der Waals surface area contributed by atoms with Crippen LogP contribution in [0.3, 0.4) is 0 Å². The molecule has 6 heteroatoms. The van der Waals surface area contributed by atoms with E-state index in [1.807, 2.05) is 73.3 Å². The first-order chi connectivity index (χ1) is 15.1. The molecule has 2 aromatic carbocycles. The average Bonchev–Trinajstić information content (AvgIpc) is 3.37. The van der Waals surface area contributed by atoms with Gasteiger partial charge in [0.1, 0.15) is 12.4 Å². The van der Waals surface area contributed by atoms with Gasteiger partial charge in [0.25, 0.3) is 5.56 Å². The average molecular weight is 418 g/mol. The lowest BCUT2D eigenvalue weighted by molar-refractivity contribution is 0.0929. The van der Waals surface area contributed by atoms with Gasteiger partial charge in [-0.15, -0.1) is 0 Å². The monoisotopic (exact) mass is 417 g/mol. The molecule has 0 saturated carbocycles. The first-order valence-electron chi connectivity index (χ1n) is 10.3. The second kappa shape index (κ2) is 9.64. The van der Waals surface area contributed by atoms with Gasteiger partial charge in [-0.1, -0.05) is 42.5 Å². The van der Waals surface area contributed by atoms with E-state index in [0.29, 0.717) is 26.3 Å². The van der Waals surface area contributed by atoms with Crippen LogP contribution >= 0.6 is 0 Å². The van der Waals surface area contributed by atoms with Gasteiger partial charge in [-0.05, 0) is 42.3 Å². The summed E-state index contributed by atoms with van der Waals surface area (Å²) in [7, 11) is 1.92. The maximum absolute atomic E-state index is 13.0. The maximum atomic E-state index is 13.0. The number of benzene rings is 2. The minimum atomic E-state index is 0.0128. The van der Waals surface area contributed by atoms with Crippen molar-refractivity contribution in [3.63, 3.8) is 0 Å². The zero-order valence-electron chi connectivity index (χ0n) is 17.9. The Bertz CT molecular complexity index is 1170. The summed E-state index contributed by atoms with van der Waals surface area (Å²) in [6, 6.07) is 21.7. The number of para-hydroxylation sites is 1. The van der Waals surface area contributed by atoms with E-state index in [0.717, 1.165) is 33.8 Å². The SMILES string of the molecule is Cc1c(CNCc2cccc(COCc3ccco3)c2)c(=O)n(-c2ccccc2)n1C. The summed E-state index contributed by atoms with van der Waals surface area (Å²) < 4.78 is 14.6. The van der Waals surface area contributed by atoms with Crippen LogP contribution in [0, 0.1) is 6.92 Å². The van der Waals surface area contributed by atoms with Gasteiger partial charge in [-0.25, -0.2) is 4.68 Å². The predicted molar refractivity (Wildman–Crippen MR) is 120 cm³/mol. The van der Waals surface area contributed by atoms with Gasteiger partial charge in [0.2, 0.25) is 0 Å². The van der Waals surface area contributed by atoms with Gasteiger partial charge in [-0.3, -0.25) is 9.48 Å². The van der Waals surface area contributed by atoms with Crippen LogP contribution in [0.25, 0.3) is 5.69 Å². The molecule has 0 bridgehead atoms. The Hall–Kier alpha value is -3.35. The molecule has 6 nitrogen and oxygen atoms in total. The Balaban J connectivity index is 1.37. The number of furan rings is 1. The Labute approximate surface area is 181 Å². The summed E-state index contributed by atoms with van der Waals surface area (Å²) >= 11 is 0. The van der Waals surface area contributed by atoms with Crippen molar-refractivity contribution in [2.75, 3.05) is 0 Å². The van der Waals surface area contributed by atoms with E-state index < -0.39 is 0 Å². The molecule has 0 aliphatic heterocycles. The zero-order chi connectivity index (χ0) is 21.6. The van der Waals surface area contributed by atoms with E-state index in [1.165, 1.54) is 0 Å². The van der Waals surface area contributed by atoms with Crippen molar-refractivity contribution in [2.45, 2.75) is 33.2 Å². The molecule has 0 aliphatic rings. The Morgan fingerprint density at radius 1 is 0.935 bits per heavy atom. The number of nitrogens with zero attached hydrogens (tertiary/aromatic N) is 2. The van der Waals surface area contributed by atoms with Crippen molar-refractivity contribution in [1.29, 1.82) is 0 Å². The van der Waals surface area contributed by atoms with Crippen molar-refractivity contribution in [3.05, 3.63) is 111 Å². The normalized spacial score (nSPS) is 11.2. The van der Waals surface area contributed by atoms with Gasteiger partial charge in [-0.2, -0.15) is 0 Å². The molecule has 0 radical (unpaired) electrons. The number of hydrogen-bond acceptors (Lipinski definition) is 4. The predicted octanol–water partition coefficient (Wildman–Crippen LogP) is 4.08. The molecule has 4 rings (SSSR count). The first kappa shape index (κ1) is 20.9. The first-order valence-corrected chi connectivity index (χ1v) is 10.3. The molecule has 0 unspecified atom stereocenters. The molecular weight excluding hydrogens is 390 g/mol. The number of nitrogens with one attached hydrogen (secondary N) is 1. The fourth-order valence-corrected chi connectivity index (χ4v) is 3.65. The van der Waals surface area contributed by atoms with Crippen molar-refractivity contribution < 1.29 is 9.15 Å². The van der Waals surface area contributed by atoms with Crippen LogP contribution in [-0.4, -0.2) is 9.36 Å². The van der Waals surface area contributed by atoms with Crippen LogP contribution < -0.4 is 10.9 Å². The lowest BCUT2D eigenvalue weighted by Crippen LogP contribution is -2.23. The number of ether oxygens (including phenoxy) is 1. The number of rotatable bonds is 9. The van der Waals surface area contributed by atoms with Crippen LogP contribution in [0.4, 0.5) is 0 Å². The third-order valence-corrected chi connectivity index (χ3v) is 5.39. The largest absolute Gasteiger partial charge is 0.467 e. The third kappa shape index (κ3) is 4.87. The minimum Gasteiger partial charge on any atom is -0.467 e. The molecule has 160 valence electrons. The molecule has 31 heavy (non-hydrogen) atoms. The molecule has 2 aromatic heterocycles. The van der Waals surface area contributed by atoms with Crippen molar-refractivity contribution >= 4 is 0 Å². The molecule has 2 heterocycles. The van der Waals surface area contributed by atoms with E-state index in [1.54, 1.807) is 10.9 Å². The number of hydrogen-bond donors (Lipinski definition) is 1. The maximum Gasteiger partial charge on any atom is 0.276 e. The van der Waals surface area contributed by atoms with Crippen molar-refractivity contribution in [3.8, 4) is 5.69 Å². The summed E-state index contributed by atoms with van der Waals surface area (Å²) in [6.45, 7) is 4.14. The molecule has 1 N–H and O–H groups in total. The van der Waals surface area contributed by atoms with Gasteiger partial charge in [0, 0.05) is 25.8 Å². The second-order valence-electron chi connectivity index (χ2n) is 7.54. The Morgan fingerprint density at radius 3 is 2.52 bits per heavy atom. The third-order valence-electron chi connectivity index (χ3n) is 5.39. The highest BCUT2D eigenvalue weighted by Crippen LogP contribution is 2.12. The van der Waals surface area contributed by atoms with Crippen LogP contribution in [0.5, 0.6) is 0 Å². The molecule has 0 aliphatic carbocycles. The molecule has 0 amide bonds. The molecular formula is C25H27N3O3. The van der Waals surface area contributed by atoms with Gasteiger partial charge < -0.3 is 14.5 Å². The van der Waals surface area contributed by atoms with Crippen molar-refractivity contribution in [2.24, 2.45) is 7.05 Å². The molecule has 0 spiro atoms. The van der Waals surface area contributed by atoms with Crippen LogP contribution in [0.2, 0.25) is 0 Å². The smallest absolute Gasteiger partial charge is 0.276 e. The minimum absolute atomic E-state index is 0.0128. The van der Waals surface area contributed by atoms with Gasteiger partial charge in [0.05, 0.1) is 24.1 Å². The fourth-order valence-electron chi connectivity index (χ4n) is 3.65. The van der Waals surface area contributed by atoms with Crippen LogP contribution in [-0.2, 0) is 38.1 Å². The zero-order valence-corrected chi connectivity index (χ0v) is 17.9. The Kier molecular flexibility index (Phi) is 6.50. The summed E-state index contributed by atoms with van der Waals surface area (Å²) in [6.07, 6.45) is 1.65. The van der Waals surface area contributed by atoms with Crippen LogP contribution in [0.1, 0.15) is 28.1 Å². The molecule has 0 fully saturated rings. The highest BCUT2D eigenvalue weighted by atomic mass is 16.5. The summed E-state index contributed by atoms with van der Waals surface area (Å²) in [4.78, 5) is 13.0. The van der Waals surface area contributed by atoms with Crippen LogP contribution in [0.15, 0.2) is 82.2 Å².